The number of aliphatic hydroxyl groups is 1. The monoisotopic (exact) mass is 700 g/mol. The van der Waals surface area contributed by atoms with Crippen molar-refractivity contribution >= 4 is 33.2 Å². The van der Waals surface area contributed by atoms with Crippen LogP contribution in [0.5, 0.6) is 5.88 Å². The molecule has 0 aliphatic carbocycles. The van der Waals surface area contributed by atoms with Crippen LogP contribution in [-0.4, -0.2) is 111 Å². The van der Waals surface area contributed by atoms with Gasteiger partial charge in [0.05, 0.1) is 41.7 Å². The van der Waals surface area contributed by atoms with Crippen LogP contribution in [0.15, 0.2) is 58.4 Å². The van der Waals surface area contributed by atoms with E-state index in [1.165, 1.54) is 22.7 Å². The minimum absolute atomic E-state index is 0.000561. The second kappa shape index (κ2) is 16.9. The van der Waals surface area contributed by atoms with Crippen LogP contribution in [-0.2, 0) is 35.4 Å². The maximum absolute atomic E-state index is 14.2. The average molecular weight is 701 g/mol. The summed E-state index contributed by atoms with van der Waals surface area (Å²) in [6.45, 7) is 7.98. The molecule has 13 nitrogen and oxygen atoms in total. The van der Waals surface area contributed by atoms with Crippen molar-refractivity contribution in [3.63, 3.8) is 0 Å². The number of aliphatic imine (C=N–C) groups is 1. The first kappa shape index (κ1) is 36.7. The number of nitrogens with one attached hydrogen (secondary N) is 2. The molecule has 1 aromatic heterocycles. The lowest BCUT2D eigenvalue weighted by Gasteiger charge is -2.31. The lowest BCUT2D eigenvalue weighted by molar-refractivity contribution is -0.0907. The number of rotatable bonds is 17. The summed E-state index contributed by atoms with van der Waals surface area (Å²) in [4.78, 5) is 20.4. The van der Waals surface area contributed by atoms with Gasteiger partial charge in [-0.3, -0.25) is 4.99 Å². The van der Waals surface area contributed by atoms with Crippen LogP contribution in [0, 0.1) is 11.8 Å². The van der Waals surface area contributed by atoms with Gasteiger partial charge in [0.1, 0.15) is 6.10 Å². The molecule has 0 saturated carbocycles. The zero-order valence-electron chi connectivity index (χ0n) is 28.3. The number of hydrogen-bond acceptors (Lipinski definition) is 10. The summed E-state index contributed by atoms with van der Waals surface area (Å²) in [7, 11) is -4.15. The van der Waals surface area contributed by atoms with Crippen molar-refractivity contribution in [3.8, 4) is 5.88 Å². The highest BCUT2D eigenvalue weighted by molar-refractivity contribution is 7.89. The van der Waals surface area contributed by atoms with Crippen molar-refractivity contribution in [2.45, 2.75) is 69.5 Å². The summed E-state index contributed by atoms with van der Waals surface area (Å²) in [5.74, 6) is -0.244. The highest BCUT2D eigenvalue weighted by Gasteiger charge is 2.44. The maximum Gasteiger partial charge on any atom is 0.407 e. The number of aromatic amines is 1. The molecule has 0 radical (unpaired) electrons. The summed E-state index contributed by atoms with van der Waals surface area (Å²) < 4.78 is 51.9. The smallest absolute Gasteiger partial charge is 0.407 e. The van der Waals surface area contributed by atoms with Crippen LogP contribution < -0.4 is 5.32 Å². The molecule has 2 aliphatic rings. The molecule has 268 valence electrons. The molecule has 3 aromatic rings. The van der Waals surface area contributed by atoms with Gasteiger partial charge < -0.3 is 39.5 Å². The van der Waals surface area contributed by atoms with E-state index in [0.29, 0.717) is 49.3 Å². The fraction of sp³-hybridized carbons (Fsp3) is 0.543. The number of aromatic nitrogens is 1. The van der Waals surface area contributed by atoms with Crippen LogP contribution in [0.2, 0.25) is 0 Å². The van der Waals surface area contributed by atoms with Gasteiger partial charge in [-0.2, -0.15) is 4.31 Å². The quantitative estimate of drug-likeness (QED) is 0.121. The first-order chi connectivity index (χ1) is 23.6. The number of aromatic hydroxyl groups is 1. The molecule has 4 N–H and O–H groups in total. The summed E-state index contributed by atoms with van der Waals surface area (Å²) in [5, 5.41) is 25.5. The van der Waals surface area contributed by atoms with Crippen LogP contribution in [0.4, 0.5) is 4.79 Å². The minimum atomic E-state index is -4.15. The van der Waals surface area contributed by atoms with E-state index < -0.39 is 34.4 Å². The molecule has 2 aliphatic heterocycles. The van der Waals surface area contributed by atoms with Crippen LogP contribution in [0.1, 0.15) is 44.7 Å². The third-order valence-corrected chi connectivity index (χ3v) is 10.5. The van der Waals surface area contributed by atoms with Gasteiger partial charge in [-0.05, 0) is 55.9 Å². The predicted octanol–water partition coefficient (Wildman–Crippen LogP) is 3.83. The van der Waals surface area contributed by atoms with Crippen molar-refractivity contribution in [1.29, 1.82) is 0 Å². The number of carbonyl (C=O) groups is 1. The van der Waals surface area contributed by atoms with Gasteiger partial charge in [-0.25, -0.2) is 13.2 Å². The van der Waals surface area contributed by atoms with E-state index in [-0.39, 0.29) is 55.0 Å². The van der Waals surface area contributed by atoms with Gasteiger partial charge in [0.2, 0.25) is 10.0 Å². The van der Waals surface area contributed by atoms with Crippen molar-refractivity contribution in [2.24, 2.45) is 16.8 Å². The summed E-state index contributed by atoms with van der Waals surface area (Å²) >= 11 is 0. The Morgan fingerprint density at radius 1 is 1.18 bits per heavy atom. The Kier molecular flexibility index (Phi) is 12.7. The highest BCUT2D eigenvalue weighted by atomic mass is 32.2. The normalized spacial score (nSPS) is 20.7. The van der Waals surface area contributed by atoms with Gasteiger partial charge in [0.15, 0.2) is 12.2 Å². The van der Waals surface area contributed by atoms with E-state index in [1.54, 1.807) is 6.07 Å². The molecule has 14 heteroatoms. The Labute approximate surface area is 287 Å². The maximum atomic E-state index is 14.2. The van der Waals surface area contributed by atoms with Crippen molar-refractivity contribution < 1.29 is 42.4 Å². The number of aliphatic hydroxyl groups excluding tert-OH is 1. The van der Waals surface area contributed by atoms with Gasteiger partial charge >= 0.3 is 6.09 Å². The van der Waals surface area contributed by atoms with Gasteiger partial charge in [-0.1, -0.05) is 44.2 Å². The topological polar surface area (TPSA) is 172 Å². The van der Waals surface area contributed by atoms with Gasteiger partial charge in [-0.15, -0.1) is 0 Å². The molecule has 3 heterocycles. The summed E-state index contributed by atoms with van der Waals surface area (Å²) in [6.07, 6.45) is 0.328. The van der Waals surface area contributed by atoms with Crippen LogP contribution >= 0.6 is 0 Å². The zero-order valence-corrected chi connectivity index (χ0v) is 29.1. The van der Waals surface area contributed by atoms with E-state index in [0.717, 1.165) is 12.0 Å². The summed E-state index contributed by atoms with van der Waals surface area (Å²) in [5.41, 5.74) is 1.78. The molecule has 2 fully saturated rings. The van der Waals surface area contributed by atoms with Gasteiger partial charge in [0, 0.05) is 50.0 Å². The van der Waals surface area contributed by atoms with E-state index in [1.807, 2.05) is 51.1 Å². The predicted molar refractivity (Wildman–Crippen MR) is 184 cm³/mol. The second-order valence-corrected chi connectivity index (χ2v) is 14.8. The first-order valence-electron chi connectivity index (χ1n) is 16.9. The van der Waals surface area contributed by atoms with Crippen molar-refractivity contribution in [1.82, 2.24) is 14.6 Å². The number of carbonyl (C=O) groups excluding carboxylic acids is 1. The molecule has 49 heavy (non-hydrogen) atoms. The largest absolute Gasteiger partial charge is 0.494 e. The molecular formula is C35H48N4O9S. The summed E-state index contributed by atoms with van der Waals surface area (Å²) in [6, 6.07) is 13.0. The fourth-order valence-electron chi connectivity index (χ4n) is 6.21. The molecule has 5 atom stereocenters. The molecule has 0 bridgehead atoms. The second-order valence-electron chi connectivity index (χ2n) is 12.9. The van der Waals surface area contributed by atoms with E-state index in [2.05, 4.69) is 15.3 Å². The lowest BCUT2D eigenvalue weighted by atomic mass is 10.0. The number of H-pyrrole nitrogens is 1. The third-order valence-electron chi connectivity index (χ3n) is 8.70. The Balaban J connectivity index is 1.35. The number of sulfonamides is 1. The first-order valence-corrected chi connectivity index (χ1v) is 18.4. The fourth-order valence-corrected chi connectivity index (χ4v) is 7.86. The number of alkyl carbamates (subject to hydrolysis) is 1. The molecule has 2 saturated heterocycles. The standard InChI is InChI=1S/C35H48N4O9S/c1-4-45-15-8-14-36-19-28-27-18-25(11-12-29(27)37-33(28)41)49(43,44)39(20-23(2)3)21-31(40)30(17-24-9-6-5-7-10-24)38-35(42)48-32-22-47-34-26(32)13-16-46-34/h5-7,9-12,18-19,23,26,30-32,34,37,40-41H,4,8,13-17,20-22H2,1-3H3,(H,38,42)/t26?,30-,31+,32-,34?/m0/s1. The highest BCUT2D eigenvalue weighted by Crippen LogP contribution is 2.33. The van der Waals surface area contributed by atoms with E-state index >= 15 is 0 Å². The lowest BCUT2D eigenvalue weighted by Crippen LogP contribution is -2.51. The molecule has 2 unspecified atom stereocenters. The number of nitrogens with zero attached hydrogens (tertiary/aromatic N) is 2. The Morgan fingerprint density at radius 2 is 1.98 bits per heavy atom. The molecule has 1 amide bonds. The SMILES string of the molecule is CCOCCCN=Cc1c(O)[nH]c2ccc(S(=O)(=O)N(CC(C)C)C[C@@H](O)[C@H](Cc3ccccc3)NC(=O)O[C@H]3COC4OCCC43)cc12. The van der Waals surface area contributed by atoms with Crippen LogP contribution in [0.3, 0.4) is 0 Å². The Hall–Kier alpha value is -3.53. The van der Waals surface area contributed by atoms with Gasteiger partial charge in [0.25, 0.3) is 0 Å². The molecule has 5 rings (SSSR count). The Bertz CT molecular complexity index is 1660. The molecular weight excluding hydrogens is 652 g/mol. The molecule has 2 aromatic carbocycles. The van der Waals surface area contributed by atoms with Crippen molar-refractivity contribution in [3.05, 3.63) is 59.7 Å². The number of benzene rings is 2. The zero-order chi connectivity index (χ0) is 35.0. The number of hydrogen-bond donors (Lipinski definition) is 4. The van der Waals surface area contributed by atoms with Crippen molar-refractivity contribution in [2.75, 3.05) is 46.1 Å². The van der Waals surface area contributed by atoms with Crippen LogP contribution in [0.25, 0.3) is 10.9 Å². The number of amides is 1. The molecule has 0 spiro atoms. The number of fused-ring (bicyclic) bond motifs is 2. The van der Waals surface area contributed by atoms with E-state index in [4.69, 9.17) is 18.9 Å². The third kappa shape index (κ3) is 9.38. The number of ether oxygens (including phenoxy) is 4. The average Bonchev–Trinajstić information content (AvgIpc) is 3.77. The van der Waals surface area contributed by atoms with E-state index in [9.17, 15) is 23.4 Å². The Morgan fingerprint density at radius 3 is 2.73 bits per heavy atom. The minimum Gasteiger partial charge on any atom is -0.494 e.